The van der Waals surface area contributed by atoms with Gasteiger partial charge < -0.3 is 5.11 Å². The molecule has 3 aliphatic carbocycles. The minimum Gasteiger partial charge on any atom is -0.481 e. The van der Waals surface area contributed by atoms with Gasteiger partial charge in [-0.25, -0.2) is 0 Å². The predicted octanol–water partition coefficient (Wildman–Crippen LogP) is 7.90. The van der Waals surface area contributed by atoms with Gasteiger partial charge in [-0.1, -0.05) is 57.1 Å². The van der Waals surface area contributed by atoms with E-state index in [1.807, 2.05) is 0 Å². The number of alkyl halides is 3. The zero-order valence-corrected chi connectivity index (χ0v) is 20.9. The second-order valence-electron chi connectivity index (χ2n) is 11.5. The maximum Gasteiger partial charge on any atom is 0.416 e. The number of nitrogens with zero attached hydrogens (tertiary/aromatic N) is 1. The number of aliphatic carboxylic acids is 1. The minimum atomic E-state index is -4.36. The fourth-order valence-electron chi connectivity index (χ4n) is 7.26. The van der Waals surface area contributed by atoms with Gasteiger partial charge in [0.2, 0.25) is 0 Å². The van der Waals surface area contributed by atoms with Crippen LogP contribution >= 0.6 is 0 Å². The van der Waals surface area contributed by atoms with Crippen LogP contribution in [0.3, 0.4) is 0 Å². The molecule has 0 bridgehead atoms. The normalized spacial score (nSPS) is 27.3. The third-order valence-corrected chi connectivity index (χ3v) is 8.96. The van der Waals surface area contributed by atoms with Crippen molar-refractivity contribution < 1.29 is 23.1 Å². The number of hydrogen-bond acceptors (Lipinski definition) is 2. The highest BCUT2D eigenvalue weighted by Gasteiger charge is 2.40. The van der Waals surface area contributed by atoms with E-state index in [0.29, 0.717) is 11.8 Å². The van der Waals surface area contributed by atoms with Gasteiger partial charge in [-0.15, -0.1) is 0 Å². The van der Waals surface area contributed by atoms with E-state index in [4.69, 9.17) is 0 Å². The number of rotatable bonds is 8. The first-order chi connectivity index (χ1) is 16.8. The molecule has 4 rings (SSSR count). The maximum absolute atomic E-state index is 13.3. The Balaban J connectivity index is 1.63. The summed E-state index contributed by atoms with van der Waals surface area (Å²) in [5.41, 5.74) is 0.246. The van der Waals surface area contributed by atoms with E-state index in [9.17, 15) is 23.1 Å². The molecule has 0 radical (unpaired) electrons. The molecule has 3 saturated carbocycles. The fraction of sp³-hybridized carbons (Fsp3) is 0.759. The summed E-state index contributed by atoms with van der Waals surface area (Å²) >= 11 is 0. The molecule has 196 valence electrons. The zero-order valence-electron chi connectivity index (χ0n) is 20.9. The molecule has 0 aliphatic heterocycles. The van der Waals surface area contributed by atoms with Crippen molar-refractivity contribution >= 4 is 5.97 Å². The van der Waals surface area contributed by atoms with Crippen LogP contribution in [0.2, 0.25) is 0 Å². The van der Waals surface area contributed by atoms with Crippen LogP contribution in [0.5, 0.6) is 0 Å². The number of carboxylic acids is 1. The minimum absolute atomic E-state index is 0.0330. The van der Waals surface area contributed by atoms with Gasteiger partial charge in [-0.05, 0) is 74.0 Å². The molecule has 0 heterocycles. The lowest BCUT2D eigenvalue weighted by Gasteiger charge is -2.47. The molecule has 6 heteroatoms. The van der Waals surface area contributed by atoms with E-state index in [1.54, 1.807) is 12.1 Å². The lowest BCUT2D eigenvalue weighted by atomic mass is 9.69. The Labute approximate surface area is 208 Å². The summed E-state index contributed by atoms with van der Waals surface area (Å²) in [5, 5.41) is 9.67. The number of carboxylic acid groups (broad SMARTS) is 1. The average molecular weight is 494 g/mol. The van der Waals surface area contributed by atoms with Crippen molar-refractivity contribution in [2.24, 2.45) is 17.8 Å². The highest BCUT2D eigenvalue weighted by Crippen LogP contribution is 2.44. The first kappa shape index (κ1) is 26.5. The summed E-state index contributed by atoms with van der Waals surface area (Å²) in [5.74, 6) is 0.483. The molecule has 0 unspecified atom stereocenters. The molecule has 0 amide bonds. The smallest absolute Gasteiger partial charge is 0.416 e. The third-order valence-electron chi connectivity index (χ3n) is 8.96. The van der Waals surface area contributed by atoms with Crippen molar-refractivity contribution in [2.75, 3.05) is 13.1 Å². The van der Waals surface area contributed by atoms with Crippen molar-refractivity contribution in [3.63, 3.8) is 0 Å². The van der Waals surface area contributed by atoms with E-state index < -0.39 is 17.7 Å². The summed E-state index contributed by atoms with van der Waals surface area (Å²) in [6.45, 7) is 2.11. The van der Waals surface area contributed by atoms with Gasteiger partial charge in [0.15, 0.2) is 0 Å². The monoisotopic (exact) mass is 493 g/mol. The van der Waals surface area contributed by atoms with Crippen LogP contribution in [0.4, 0.5) is 13.2 Å². The number of benzene rings is 1. The highest BCUT2D eigenvalue weighted by atomic mass is 19.4. The van der Waals surface area contributed by atoms with Gasteiger partial charge in [-0.2, -0.15) is 13.2 Å². The van der Waals surface area contributed by atoms with Gasteiger partial charge in [0.05, 0.1) is 5.56 Å². The van der Waals surface area contributed by atoms with E-state index in [-0.39, 0.29) is 24.3 Å². The van der Waals surface area contributed by atoms with Crippen LogP contribution in [-0.2, 0) is 11.0 Å². The maximum atomic E-state index is 13.3. The third kappa shape index (κ3) is 7.24. The van der Waals surface area contributed by atoms with Gasteiger partial charge in [0.25, 0.3) is 0 Å². The van der Waals surface area contributed by atoms with Crippen LogP contribution in [0.1, 0.15) is 107 Å². The number of hydrogen-bond donors (Lipinski definition) is 1. The van der Waals surface area contributed by atoms with Crippen LogP contribution in [-0.4, -0.2) is 35.1 Å². The fourth-order valence-corrected chi connectivity index (χ4v) is 7.26. The molecule has 1 aromatic carbocycles. The van der Waals surface area contributed by atoms with Gasteiger partial charge >= 0.3 is 12.1 Å². The molecule has 3 nitrogen and oxygen atoms in total. The zero-order chi connectivity index (χ0) is 24.8. The number of halogens is 3. The van der Waals surface area contributed by atoms with Crippen molar-refractivity contribution in [1.29, 1.82) is 0 Å². The van der Waals surface area contributed by atoms with E-state index >= 15 is 0 Å². The van der Waals surface area contributed by atoms with Gasteiger partial charge in [0.1, 0.15) is 0 Å². The lowest BCUT2D eigenvalue weighted by Crippen LogP contribution is -2.48. The predicted molar refractivity (Wildman–Crippen MR) is 132 cm³/mol. The summed E-state index contributed by atoms with van der Waals surface area (Å²) in [6, 6.07) is 5.82. The molecule has 1 aromatic rings. The quantitative estimate of drug-likeness (QED) is 0.400. The van der Waals surface area contributed by atoms with Crippen molar-refractivity contribution in [2.45, 2.75) is 108 Å². The highest BCUT2D eigenvalue weighted by molar-refractivity contribution is 5.67. The van der Waals surface area contributed by atoms with Crippen molar-refractivity contribution in [1.82, 2.24) is 4.90 Å². The topological polar surface area (TPSA) is 40.5 Å². The van der Waals surface area contributed by atoms with Crippen LogP contribution < -0.4 is 0 Å². The Hall–Kier alpha value is -1.56. The van der Waals surface area contributed by atoms with E-state index in [2.05, 4.69) is 4.90 Å². The molecular formula is C29H42F3NO2. The summed E-state index contributed by atoms with van der Waals surface area (Å²) in [4.78, 5) is 14.5. The summed E-state index contributed by atoms with van der Waals surface area (Å²) in [6.07, 6.45) is 11.4. The second kappa shape index (κ2) is 12.1. The first-order valence-corrected chi connectivity index (χ1v) is 13.9. The summed E-state index contributed by atoms with van der Waals surface area (Å²) < 4.78 is 39.8. The molecule has 3 aliphatic rings. The molecule has 0 spiro atoms. The van der Waals surface area contributed by atoms with Gasteiger partial charge in [0, 0.05) is 31.5 Å². The van der Waals surface area contributed by atoms with Crippen LogP contribution in [0, 0.1) is 17.8 Å². The molecule has 1 N–H and O–H groups in total. The molecule has 0 saturated heterocycles. The number of carbonyl (C=O) groups is 1. The summed E-state index contributed by atoms with van der Waals surface area (Å²) in [7, 11) is 0. The van der Waals surface area contributed by atoms with E-state index in [1.165, 1.54) is 76.3 Å². The second-order valence-corrected chi connectivity index (χ2v) is 11.5. The molecule has 0 aromatic heterocycles. The standard InChI is InChI=1S/C29H42F3NO2/c30-29(31,32)25-16-14-23(15-17-25)28-24(18-27(34)35)12-7-13-26(28)33(19-21-8-3-1-4-9-21)20-22-10-5-2-6-11-22/h14-17,21-22,24,26,28H,1-13,18-20H2,(H,34,35)/t24-,26-,28-/m1/s1. The Morgan fingerprint density at radius 2 is 1.34 bits per heavy atom. The SMILES string of the molecule is O=C(O)C[C@H]1CCC[C@@H](N(CC2CCCCC2)CC2CCCCC2)[C@@H]1c1ccc(C(F)(F)F)cc1. The molecular weight excluding hydrogens is 451 g/mol. The first-order valence-electron chi connectivity index (χ1n) is 13.9. The Kier molecular flexibility index (Phi) is 9.18. The van der Waals surface area contributed by atoms with Crippen LogP contribution in [0.25, 0.3) is 0 Å². The molecule has 35 heavy (non-hydrogen) atoms. The van der Waals surface area contributed by atoms with Gasteiger partial charge in [-0.3, -0.25) is 9.69 Å². The Morgan fingerprint density at radius 3 is 1.83 bits per heavy atom. The van der Waals surface area contributed by atoms with Crippen LogP contribution in [0.15, 0.2) is 24.3 Å². The lowest BCUT2D eigenvalue weighted by molar-refractivity contribution is -0.139. The average Bonchev–Trinajstić information content (AvgIpc) is 2.84. The van der Waals surface area contributed by atoms with Crippen molar-refractivity contribution in [3.05, 3.63) is 35.4 Å². The largest absolute Gasteiger partial charge is 0.481 e. The Bertz CT molecular complexity index is 777. The van der Waals surface area contributed by atoms with E-state index in [0.717, 1.165) is 37.9 Å². The molecule has 3 fully saturated rings. The Morgan fingerprint density at radius 1 is 0.800 bits per heavy atom. The molecule has 3 atom stereocenters. The van der Waals surface area contributed by atoms with Crippen molar-refractivity contribution in [3.8, 4) is 0 Å².